The fourth-order valence-electron chi connectivity index (χ4n) is 2.93. The van der Waals surface area contributed by atoms with E-state index in [0.717, 1.165) is 6.07 Å². The molecule has 0 bridgehead atoms. The Kier molecular flexibility index (Phi) is 6.99. The lowest BCUT2D eigenvalue weighted by Crippen LogP contribution is -2.11. The number of nitrogens with zero attached hydrogens (tertiary/aromatic N) is 4. The zero-order valence-electron chi connectivity index (χ0n) is 16.8. The third-order valence-corrected chi connectivity index (χ3v) is 6.32. The predicted molar refractivity (Wildman–Crippen MR) is 132 cm³/mol. The Hall–Kier alpha value is -3.24. The first-order valence-corrected chi connectivity index (χ1v) is 11.4. The van der Waals surface area contributed by atoms with Crippen LogP contribution in [0.5, 0.6) is 5.75 Å². The highest BCUT2D eigenvalue weighted by Gasteiger charge is 2.18. The molecule has 0 unspecified atom stereocenters. The maximum atomic E-state index is 13.3. The first kappa shape index (κ1) is 23.9. The third-order valence-electron chi connectivity index (χ3n) is 4.55. The summed E-state index contributed by atoms with van der Waals surface area (Å²) in [6.45, 7) is 0. The van der Waals surface area contributed by atoms with Gasteiger partial charge in [0.05, 0.1) is 32.6 Å². The number of thiazole rings is 1. The Morgan fingerprint density at radius 3 is 2.47 bits per heavy atom. The van der Waals surface area contributed by atoms with Gasteiger partial charge in [0, 0.05) is 27.6 Å². The third kappa shape index (κ3) is 5.13. The predicted octanol–water partition coefficient (Wildman–Crippen LogP) is 7.04. The van der Waals surface area contributed by atoms with E-state index in [1.165, 1.54) is 52.6 Å². The highest BCUT2D eigenvalue weighted by molar-refractivity contribution is 7.07. The van der Waals surface area contributed by atoms with Gasteiger partial charge in [-0.1, -0.05) is 40.9 Å². The van der Waals surface area contributed by atoms with Crippen LogP contribution < -0.4 is 4.80 Å². The zero-order chi connectivity index (χ0) is 24.4. The monoisotopic (exact) mass is 536 g/mol. The molecule has 0 radical (unpaired) electrons. The van der Waals surface area contributed by atoms with E-state index in [1.54, 1.807) is 23.6 Å². The summed E-state index contributed by atoms with van der Waals surface area (Å²) in [5.74, 6) is -0.979. The first-order valence-electron chi connectivity index (χ1n) is 9.40. The van der Waals surface area contributed by atoms with E-state index < -0.39 is 22.2 Å². The van der Waals surface area contributed by atoms with Crippen molar-refractivity contribution in [3.63, 3.8) is 0 Å². The highest BCUT2D eigenvalue weighted by Crippen LogP contribution is 2.33. The van der Waals surface area contributed by atoms with E-state index in [0.29, 0.717) is 31.8 Å². The van der Waals surface area contributed by atoms with Gasteiger partial charge in [-0.25, -0.2) is 14.1 Å². The van der Waals surface area contributed by atoms with Crippen molar-refractivity contribution in [2.75, 3.05) is 0 Å². The maximum Gasteiger partial charge on any atom is 0.312 e. The van der Waals surface area contributed by atoms with Crippen LogP contribution in [0.15, 0.2) is 70.1 Å². The summed E-state index contributed by atoms with van der Waals surface area (Å²) in [6, 6.07) is 13.0. The molecular formula is C22H12Cl3FN4O3S. The molecule has 0 atom stereocenters. The maximum absolute atomic E-state index is 13.3. The molecule has 1 N–H and O–H groups in total. The topological polar surface area (TPSA) is 93.0 Å². The molecule has 1 heterocycles. The van der Waals surface area contributed by atoms with Crippen LogP contribution in [0.2, 0.25) is 15.1 Å². The lowest BCUT2D eigenvalue weighted by molar-refractivity contribution is -0.385. The van der Waals surface area contributed by atoms with Gasteiger partial charge in [-0.15, -0.1) is 11.3 Å². The SMILES string of the molecule is O=[N+]([O-])c1cc(Cl)cc(/C=N/n2c(-c3ccc(Cl)c(Cl)c3)csc2=Nc2ccc(F)cc2)c1O. The molecule has 0 fully saturated rings. The largest absolute Gasteiger partial charge is 0.502 e. The number of aromatic nitrogens is 1. The second-order valence-corrected chi connectivity index (χ2v) is 8.88. The van der Waals surface area contributed by atoms with Crippen molar-refractivity contribution in [2.24, 2.45) is 10.1 Å². The van der Waals surface area contributed by atoms with E-state index in [-0.39, 0.29) is 10.6 Å². The molecule has 0 spiro atoms. The van der Waals surface area contributed by atoms with Crippen LogP contribution in [0.1, 0.15) is 5.56 Å². The van der Waals surface area contributed by atoms with Crippen LogP contribution in [0.25, 0.3) is 11.3 Å². The molecule has 7 nitrogen and oxygen atoms in total. The van der Waals surface area contributed by atoms with E-state index >= 15 is 0 Å². The molecule has 172 valence electrons. The van der Waals surface area contributed by atoms with Crippen LogP contribution in [-0.2, 0) is 0 Å². The Morgan fingerprint density at radius 2 is 1.79 bits per heavy atom. The average Bonchev–Trinajstić information content (AvgIpc) is 3.19. The molecule has 1 aromatic heterocycles. The van der Waals surface area contributed by atoms with Crippen molar-refractivity contribution in [3.8, 4) is 17.0 Å². The van der Waals surface area contributed by atoms with Crippen molar-refractivity contribution in [2.45, 2.75) is 0 Å². The molecule has 0 amide bonds. The smallest absolute Gasteiger partial charge is 0.312 e. The van der Waals surface area contributed by atoms with Gasteiger partial charge in [-0.3, -0.25) is 10.1 Å². The molecule has 0 saturated carbocycles. The molecule has 0 saturated heterocycles. The van der Waals surface area contributed by atoms with Crippen LogP contribution >= 0.6 is 46.1 Å². The summed E-state index contributed by atoms with van der Waals surface area (Å²) in [5, 5.41) is 28.5. The van der Waals surface area contributed by atoms with Gasteiger partial charge >= 0.3 is 5.69 Å². The molecule has 0 aliphatic heterocycles. The summed E-state index contributed by atoms with van der Waals surface area (Å²) in [7, 11) is 0. The van der Waals surface area contributed by atoms with E-state index in [4.69, 9.17) is 34.8 Å². The van der Waals surface area contributed by atoms with Gasteiger partial charge in [0.2, 0.25) is 10.6 Å². The Balaban J connectivity index is 1.89. The summed E-state index contributed by atoms with van der Waals surface area (Å²) in [4.78, 5) is 15.4. The van der Waals surface area contributed by atoms with Crippen molar-refractivity contribution in [1.29, 1.82) is 0 Å². The second-order valence-electron chi connectivity index (χ2n) is 6.80. The van der Waals surface area contributed by atoms with Crippen molar-refractivity contribution in [1.82, 2.24) is 4.68 Å². The molecule has 0 aliphatic rings. The molecular weight excluding hydrogens is 526 g/mol. The lowest BCUT2D eigenvalue weighted by atomic mass is 10.2. The normalized spacial score (nSPS) is 11.9. The molecule has 4 aromatic rings. The van der Waals surface area contributed by atoms with Gasteiger partial charge in [-0.05, 0) is 42.5 Å². The molecule has 34 heavy (non-hydrogen) atoms. The highest BCUT2D eigenvalue weighted by atomic mass is 35.5. The number of phenols is 1. The number of nitro benzene ring substituents is 1. The number of benzene rings is 3. The number of hydrogen-bond donors (Lipinski definition) is 1. The Bertz CT molecular complexity index is 1500. The molecule has 12 heteroatoms. The van der Waals surface area contributed by atoms with Crippen LogP contribution in [0.4, 0.5) is 15.8 Å². The second kappa shape index (κ2) is 9.94. The minimum absolute atomic E-state index is 0.0331. The quantitative estimate of drug-likeness (QED) is 0.168. The van der Waals surface area contributed by atoms with Gasteiger partial charge in [-0.2, -0.15) is 5.10 Å². The summed E-state index contributed by atoms with van der Waals surface area (Å²) in [6.07, 6.45) is 1.23. The lowest BCUT2D eigenvalue weighted by Gasteiger charge is -2.06. The van der Waals surface area contributed by atoms with Crippen molar-refractivity contribution >= 4 is 63.7 Å². The molecule has 0 aliphatic carbocycles. The fourth-order valence-corrected chi connectivity index (χ4v) is 4.31. The van der Waals surface area contributed by atoms with Gasteiger partial charge in [0.1, 0.15) is 5.82 Å². The van der Waals surface area contributed by atoms with Crippen molar-refractivity contribution in [3.05, 3.63) is 101 Å². The zero-order valence-corrected chi connectivity index (χ0v) is 19.9. The minimum Gasteiger partial charge on any atom is -0.502 e. The van der Waals surface area contributed by atoms with Crippen molar-refractivity contribution < 1.29 is 14.4 Å². The van der Waals surface area contributed by atoms with E-state index in [2.05, 4.69) is 10.1 Å². The standard InChI is InChI=1S/C22H12Cl3FN4O3S/c23-14-7-13(21(31)19(9-14)30(32)33)10-27-29-20(12-1-6-17(24)18(25)8-12)11-34-22(29)28-16-4-2-15(26)3-5-16/h1-11,31H/b27-10+,28-22?. The average molecular weight is 538 g/mol. The van der Waals surface area contributed by atoms with Crippen LogP contribution in [0, 0.1) is 15.9 Å². The summed E-state index contributed by atoms with van der Waals surface area (Å²) >= 11 is 19.4. The molecule has 3 aromatic carbocycles. The Morgan fingerprint density at radius 1 is 1.06 bits per heavy atom. The number of aromatic hydroxyl groups is 1. The van der Waals surface area contributed by atoms with Crippen LogP contribution in [0.3, 0.4) is 0 Å². The van der Waals surface area contributed by atoms with Gasteiger partial charge in [0.25, 0.3) is 0 Å². The number of halogens is 4. The minimum atomic E-state index is -0.743. The first-order chi connectivity index (χ1) is 16.2. The van der Waals surface area contributed by atoms with Crippen LogP contribution in [-0.4, -0.2) is 20.9 Å². The summed E-state index contributed by atoms with van der Waals surface area (Å²) < 4.78 is 14.8. The summed E-state index contributed by atoms with van der Waals surface area (Å²) in [5.41, 5.74) is 1.21. The van der Waals surface area contributed by atoms with Gasteiger partial charge < -0.3 is 5.11 Å². The number of nitro groups is 1. The Labute approximate surface area is 210 Å². The number of phenolic OH excluding ortho intramolecular Hbond substituents is 1. The van der Waals surface area contributed by atoms with Gasteiger partial charge in [0.15, 0.2) is 0 Å². The molecule has 4 rings (SSSR count). The number of rotatable bonds is 5. The van der Waals surface area contributed by atoms with E-state index in [9.17, 15) is 19.6 Å². The fraction of sp³-hybridized carbons (Fsp3) is 0. The van der Waals surface area contributed by atoms with E-state index in [1.807, 2.05) is 0 Å². The number of hydrogen-bond acceptors (Lipinski definition) is 6.